The van der Waals surface area contributed by atoms with E-state index in [1.807, 2.05) is 4.90 Å². The van der Waals surface area contributed by atoms with Crippen molar-refractivity contribution in [2.24, 2.45) is 5.73 Å². The first-order valence-corrected chi connectivity index (χ1v) is 10.8. The van der Waals surface area contributed by atoms with E-state index in [2.05, 4.69) is 10.6 Å². The second-order valence-corrected chi connectivity index (χ2v) is 9.25. The van der Waals surface area contributed by atoms with Crippen molar-refractivity contribution < 1.29 is 38.9 Å². The third-order valence-corrected chi connectivity index (χ3v) is 6.43. The minimum Gasteiger partial charge on any atom is -0.669 e. The molecule has 0 bridgehead atoms. The van der Waals surface area contributed by atoms with Gasteiger partial charge in [0.05, 0.1) is 12.3 Å². The van der Waals surface area contributed by atoms with Crippen molar-refractivity contribution in [3.8, 4) is 11.5 Å². The lowest BCUT2D eigenvalue weighted by atomic mass is 9.68. The smallest absolute Gasteiger partial charge is 0.434 e. The van der Waals surface area contributed by atoms with Crippen LogP contribution in [0.25, 0.3) is 0 Å². The summed E-state index contributed by atoms with van der Waals surface area (Å²) in [7, 11) is 1.47. The number of carboxylic acids is 1. The summed E-state index contributed by atoms with van der Waals surface area (Å²) >= 11 is 0. The molecule has 1 aliphatic carbocycles. The van der Waals surface area contributed by atoms with Crippen LogP contribution in [-0.4, -0.2) is 89.5 Å². The largest absolute Gasteiger partial charge is 0.669 e. The third-order valence-electron chi connectivity index (χ3n) is 6.43. The van der Waals surface area contributed by atoms with Crippen LogP contribution in [0.1, 0.15) is 35.2 Å². The second-order valence-electron chi connectivity index (χ2n) is 9.25. The van der Waals surface area contributed by atoms with Gasteiger partial charge in [-0.3, -0.25) is 14.5 Å². The van der Waals surface area contributed by atoms with Crippen LogP contribution >= 0.6 is 0 Å². The Kier molecular flexibility index (Phi) is 5.77. The molecule has 3 aliphatic rings. The molecule has 4 rings (SSSR count). The molecule has 2 heterocycles. The van der Waals surface area contributed by atoms with Gasteiger partial charge in [-0.15, -0.1) is 0 Å². The number of aromatic carboxylic acids is 1. The lowest BCUT2D eigenvalue weighted by molar-refractivity contribution is -0.130. The standard InChI is InChI=1S/C20H28BN4O8/c1-20(22,19(29)24-6-15(26)23-2)9-25-7-10(8-25)32-14-4-3-11-12-5-13(12)21(30,31)33-17(11)16(14)18(27)28/h3-4,10,12-13,30-31H,5-9,22H2,1-2H3,(H,23,26)(H,24,29)(H,27,28)/q-1/t12-,13-,20+/m0/s1. The van der Waals surface area contributed by atoms with E-state index < -0.39 is 30.0 Å². The van der Waals surface area contributed by atoms with E-state index in [1.54, 1.807) is 19.1 Å². The molecule has 2 aliphatic heterocycles. The summed E-state index contributed by atoms with van der Waals surface area (Å²) in [5.74, 6) is -2.61. The maximum Gasteiger partial charge on any atom is 0.434 e. The summed E-state index contributed by atoms with van der Waals surface area (Å²) in [5, 5.41) is 34.9. The minimum atomic E-state index is -3.11. The molecule has 1 saturated carbocycles. The number of amides is 2. The van der Waals surface area contributed by atoms with Crippen LogP contribution in [-0.2, 0) is 9.59 Å². The Balaban J connectivity index is 1.38. The van der Waals surface area contributed by atoms with Crippen molar-refractivity contribution in [3.05, 3.63) is 23.3 Å². The number of nitrogens with one attached hydrogen (secondary N) is 2. The van der Waals surface area contributed by atoms with Crippen LogP contribution in [0, 0.1) is 0 Å². The Morgan fingerprint density at radius 3 is 2.67 bits per heavy atom. The average Bonchev–Trinajstić information content (AvgIpc) is 3.51. The Morgan fingerprint density at radius 1 is 1.33 bits per heavy atom. The maximum absolute atomic E-state index is 12.3. The highest BCUT2D eigenvalue weighted by Crippen LogP contribution is 2.63. The van der Waals surface area contributed by atoms with Crippen molar-refractivity contribution in [2.45, 2.75) is 36.7 Å². The van der Waals surface area contributed by atoms with Crippen LogP contribution in [0.4, 0.5) is 0 Å². The van der Waals surface area contributed by atoms with Gasteiger partial charge in [-0.2, -0.15) is 0 Å². The van der Waals surface area contributed by atoms with Gasteiger partial charge in [0.15, 0.2) is 0 Å². The molecule has 3 atom stereocenters. The van der Waals surface area contributed by atoms with Crippen LogP contribution < -0.4 is 25.8 Å². The van der Waals surface area contributed by atoms with Crippen LogP contribution in [0.5, 0.6) is 11.5 Å². The van der Waals surface area contributed by atoms with Crippen molar-refractivity contribution in [1.82, 2.24) is 15.5 Å². The summed E-state index contributed by atoms with van der Waals surface area (Å²) in [6, 6.07) is 3.27. The SMILES string of the molecule is CNC(=O)CNC(=O)[C@](C)(N)CN1CC(Oc2ccc3c(c2C(=O)O)O[B-](O)(O)[C@H]2C[C@@H]32)C1. The molecule has 0 aromatic heterocycles. The van der Waals surface area contributed by atoms with Gasteiger partial charge in [0.2, 0.25) is 11.8 Å². The Bertz CT molecular complexity index is 995. The number of fused-ring (bicyclic) bond motifs is 3. The molecule has 2 fully saturated rings. The van der Waals surface area contributed by atoms with Crippen LogP contribution in [0.2, 0.25) is 5.82 Å². The Morgan fingerprint density at radius 2 is 2.03 bits per heavy atom. The number of likely N-dealkylation sites (tertiary alicyclic amines) is 1. The molecular formula is C20H28BN4O8-. The normalized spacial score (nSPS) is 24.8. The highest BCUT2D eigenvalue weighted by molar-refractivity contribution is 6.62. The molecule has 33 heavy (non-hydrogen) atoms. The van der Waals surface area contributed by atoms with Gasteiger partial charge in [0, 0.05) is 26.7 Å². The van der Waals surface area contributed by atoms with E-state index in [9.17, 15) is 29.5 Å². The molecular weight excluding hydrogens is 435 g/mol. The van der Waals surface area contributed by atoms with E-state index in [1.165, 1.54) is 7.05 Å². The molecule has 7 N–H and O–H groups in total. The van der Waals surface area contributed by atoms with Gasteiger partial charge in [-0.1, -0.05) is 18.3 Å². The molecule has 2 amide bonds. The zero-order valence-corrected chi connectivity index (χ0v) is 18.4. The van der Waals surface area contributed by atoms with Gasteiger partial charge in [-0.05, 0) is 24.5 Å². The average molecular weight is 463 g/mol. The van der Waals surface area contributed by atoms with Gasteiger partial charge in [0.1, 0.15) is 23.0 Å². The number of nitrogens with two attached hydrogens (primary N) is 1. The molecule has 12 nitrogen and oxygen atoms in total. The monoisotopic (exact) mass is 463 g/mol. The van der Waals surface area contributed by atoms with Gasteiger partial charge in [0.25, 0.3) is 0 Å². The third kappa shape index (κ3) is 4.49. The maximum atomic E-state index is 12.3. The fourth-order valence-corrected chi connectivity index (χ4v) is 4.51. The first-order chi connectivity index (χ1) is 15.4. The van der Waals surface area contributed by atoms with E-state index >= 15 is 0 Å². The summed E-state index contributed by atoms with van der Waals surface area (Å²) in [4.78, 5) is 37.4. The number of ether oxygens (including phenoxy) is 1. The lowest BCUT2D eigenvalue weighted by Gasteiger charge is -2.43. The molecule has 0 spiro atoms. The summed E-state index contributed by atoms with van der Waals surface area (Å²) < 4.78 is 11.2. The number of carbonyl (C=O) groups is 3. The number of nitrogens with zero attached hydrogens (tertiary/aromatic N) is 1. The number of rotatable bonds is 8. The lowest BCUT2D eigenvalue weighted by Crippen LogP contribution is -2.64. The number of carbonyl (C=O) groups excluding carboxylic acids is 2. The van der Waals surface area contributed by atoms with E-state index in [0.29, 0.717) is 25.1 Å². The van der Waals surface area contributed by atoms with Gasteiger partial charge < -0.3 is 40.9 Å². The van der Waals surface area contributed by atoms with Crippen molar-refractivity contribution in [3.63, 3.8) is 0 Å². The molecule has 1 aromatic rings. The predicted molar refractivity (Wildman–Crippen MR) is 116 cm³/mol. The molecule has 0 radical (unpaired) electrons. The van der Waals surface area contributed by atoms with E-state index in [0.717, 1.165) is 0 Å². The van der Waals surface area contributed by atoms with Crippen LogP contribution in [0.3, 0.4) is 0 Å². The summed E-state index contributed by atoms with van der Waals surface area (Å²) in [6.45, 7) is -0.685. The summed E-state index contributed by atoms with van der Waals surface area (Å²) in [6.07, 6.45) is 0.187. The molecule has 1 aromatic carbocycles. The highest BCUT2D eigenvalue weighted by atomic mass is 16.6. The van der Waals surface area contributed by atoms with Crippen LogP contribution in [0.15, 0.2) is 12.1 Å². The molecule has 1 saturated heterocycles. The highest BCUT2D eigenvalue weighted by Gasteiger charge is 2.55. The van der Waals surface area contributed by atoms with E-state index in [4.69, 9.17) is 15.1 Å². The number of carboxylic acid groups (broad SMARTS) is 1. The first kappa shape index (κ1) is 23.3. The Hall–Kier alpha value is -2.87. The topological polar surface area (TPSA) is 184 Å². The van der Waals surface area contributed by atoms with E-state index in [-0.39, 0.29) is 48.1 Å². The zero-order chi connectivity index (χ0) is 24.1. The molecule has 0 unspecified atom stereocenters. The van der Waals surface area contributed by atoms with Crippen molar-refractivity contribution >= 4 is 24.5 Å². The second kappa shape index (κ2) is 8.17. The van der Waals surface area contributed by atoms with Crippen molar-refractivity contribution in [2.75, 3.05) is 33.2 Å². The summed E-state index contributed by atoms with van der Waals surface area (Å²) in [5.41, 5.74) is 5.28. The number of likely N-dealkylation sites (N-methyl/N-ethyl adjacent to an activating group) is 1. The fraction of sp³-hybridized carbons (Fsp3) is 0.550. The quantitative estimate of drug-likeness (QED) is 0.241. The van der Waals surface area contributed by atoms with Gasteiger partial charge in [-0.25, -0.2) is 4.79 Å². The number of hydrogen-bond donors (Lipinski definition) is 6. The molecule has 13 heteroatoms. The Labute approximate surface area is 190 Å². The molecule has 180 valence electrons. The van der Waals surface area contributed by atoms with Crippen molar-refractivity contribution in [1.29, 1.82) is 0 Å². The first-order valence-electron chi connectivity index (χ1n) is 10.8. The number of hydrogen-bond acceptors (Lipinski definition) is 9. The number of benzene rings is 1. The minimum absolute atomic E-state index is 0.0535. The van der Waals surface area contributed by atoms with Gasteiger partial charge >= 0.3 is 12.7 Å². The fourth-order valence-electron chi connectivity index (χ4n) is 4.51. The zero-order valence-electron chi connectivity index (χ0n) is 18.4. The predicted octanol–water partition coefficient (Wildman–Crippen LogP) is -1.80.